The molecular formula is C14H19BrClNO. The molecule has 1 aromatic rings. The summed E-state index contributed by atoms with van der Waals surface area (Å²) in [5, 5.41) is 3.04. The second kappa shape index (κ2) is 7.15. The van der Waals surface area contributed by atoms with E-state index in [1.165, 1.54) is 0 Å². The zero-order valence-corrected chi connectivity index (χ0v) is 13.3. The third-order valence-corrected chi connectivity index (χ3v) is 3.78. The Morgan fingerprint density at radius 1 is 1.44 bits per heavy atom. The Balaban J connectivity index is 2.80. The van der Waals surface area contributed by atoms with Crippen LogP contribution < -0.4 is 5.32 Å². The predicted octanol–water partition coefficient (Wildman–Crippen LogP) is 4.14. The van der Waals surface area contributed by atoms with Crippen LogP contribution in [0.5, 0.6) is 0 Å². The third kappa shape index (κ3) is 4.29. The summed E-state index contributed by atoms with van der Waals surface area (Å²) in [7, 11) is 0. The number of alkyl halides is 1. The van der Waals surface area contributed by atoms with Gasteiger partial charge in [0.05, 0.1) is 5.56 Å². The highest BCUT2D eigenvalue weighted by atomic mass is 79.9. The molecule has 0 saturated heterocycles. The number of nitrogens with one attached hydrogen (secondary N) is 1. The fourth-order valence-electron chi connectivity index (χ4n) is 1.74. The molecule has 1 atom stereocenters. The van der Waals surface area contributed by atoms with Gasteiger partial charge in [-0.1, -0.05) is 19.9 Å². The van der Waals surface area contributed by atoms with Crippen LogP contribution in [0.25, 0.3) is 0 Å². The van der Waals surface area contributed by atoms with E-state index in [4.69, 9.17) is 11.6 Å². The maximum Gasteiger partial charge on any atom is 0.252 e. The molecule has 0 fully saturated rings. The number of halogens is 2. The van der Waals surface area contributed by atoms with E-state index in [0.717, 1.165) is 16.5 Å². The topological polar surface area (TPSA) is 29.1 Å². The second-order valence-corrected chi connectivity index (χ2v) is 6.02. The summed E-state index contributed by atoms with van der Waals surface area (Å²) in [6.45, 7) is 6.17. The fourth-order valence-corrected chi connectivity index (χ4v) is 2.65. The molecule has 2 nitrogen and oxygen atoms in total. The minimum atomic E-state index is -0.0503. The van der Waals surface area contributed by atoms with E-state index >= 15 is 0 Å². The number of rotatable bonds is 5. The number of hydrogen-bond acceptors (Lipinski definition) is 1. The molecule has 0 saturated carbocycles. The van der Waals surface area contributed by atoms with Crippen LogP contribution in [0.3, 0.4) is 0 Å². The maximum absolute atomic E-state index is 12.2. The van der Waals surface area contributed by atoms with Crippen molar-refractivity contribution in [1.29, 1.82) is 0 Å². The zero-order chi connectivity index (χ0) is 13.7. The molecular weight excluding hydrogens is 314 g/mol. The van der Waals surface area contributed by atoms with Crippen molar-refractivity contribution in [3.8, 4) is 0 Å². The standard InChI is InChI=1S/C14H19BrClNO/c1-9(2)13(6-7-16)17-14(18)11-5-4-10(3)8-12(11)15/h4-5,8-9,13H,6-7H2,1-3H3,(H,17,18). The van der Waals surface area contributed by atoms with Crippen molar-refractivity contribution in [1.82, 2.24) is 5.32 Å². The summed E-state index contributed by atoms with van der Waals surface area (Å²) in [6, 6.07) is 5.84. The molecule has 1 aromatic carbocycles. The van der Waals surface area contributed by atoms with Crippen LogP contribution in [-0.4, -0.2) is 17.8 Å². The molecule has 100 valence electrons. The Morgan fingerprint density at radius 3 is 2.61 bits per heavy atom. The molecule has 1 rings (SSSR count). The number of amides is 1. The summed E-state index contributed by atoms with van der Waals surface area (Å²) >= 11 is 9.19. The normalized spacial score (nSPS) is 12.6. The van der Waals surface area contributed by atoms with Gasteiger partial charge in [-0.3, -0.25) is 4.79 Å². The number of aryl methyl sites for hydroxylation is 1. The quantitative estimate of drug-likeness (QED) is 0.807. The van der Waals surface area contributed by atoms with E-state index in [9.17, 15) is 4.79 Å². The van der Waals surface area contributed by atoms with Crippen LogP contribution in [0.15, 0.2) is 22.7 Å². The molecule has 1 unspecified atom stereocenters. The van der Waals surface area contributed by atoms with E-state index in [2.05, 4.69) is 35.1 Å². The van der Waals surface area contributed by atoms with Gasteiger partial charge in [-0.2, -0.15) is 0 Å². The van der Waals surface area contributed by atoms with Crippen LogP contribution in [0.4, 0.5) is 0 Å². The van der Waals surface area contributed by atoms with Gasteiger partial charge in [0.1, 0.15) is 0 Å². The van der Waals surface area contributed by atoms with Crippen LogP contribution in [-0.2, 0) is 0 Å². The Kier molecular flexibility index (Phi) is 6.16. The highest BCUT2D eigenvalue weighted by Gasteiger charge is 2.18. The third-order valence-electron chi connectivity index (χ3n) is 2.91. The van der Waals surface area contributed by atoms with Gasteiger partial charge in [-0.05, 0) is 52.9 Å². The lowest BCUT2D eigenvalue weighted by Gasteiger charge is -2.21. The van der Waals surface area contributed by atoms with Crippen LogP contribution >= 0.6 is 27.5 Å². The lowest BCUT2D eigenvalue weighted by molar-refractivity contribution is 0.0924. The molecule has 0 bridgehead atoms. The zero-order valence-electron chi connectivity index (χ0n) is 11.0. The van der Waals surface area contributed by atoms with Gasteiger partial charge in [-0.15, -0.1) is 11.6 Å². The van der Waals surface area contributed by atoms with E-state index in [-0.39, 0.29) is 11.9 Å². The molecule has 0 spiro atoms. The van der Waals surface area contributed by atoms with E-state index in [1.54, 1.807) is 0 Å². The molecule has 0 heterocycles. The van der Waals surface area contributed by atoms with Crippen LogP contribution in [0.2, 0.25) is 0 Å². The first-order valence-electron chi connectivity index (χ1n) is 6.08. The van der Waals surface area contributed by atoms with Gasteiger partial charge in [0.2, 0.25) is 0 Å². The first-order chi connectivity index (χ1) is 8.45. The Bertz CT molecular complexity index is 420. The summed E-state index contributed by atoms with van der Waals surface area (Å²) in [5.74, 6) is 0.876. The fraction of sp³-hybridized carbons (Fsp3) is 0.500. The average Bonchev–Trinajstić information content (AvgIpc) is 2.27. The number of carbonyl (C=O) groups is 1. The Morgan fingerprint density at radius 2 is 2.11 bits per heavy atom. The average molecular weight is 333 g/mol. The van der Waals surface area contributed by atoms with Crippen molar-refractivity contribution >= 4 is 33.4 Å². The van der Waals surface area contributed by atoms with E-state index < -0.39 is 0 Å². The number of hydrogen-bond donors (Lipinski definition) is 1. The van der Waals surface area contributed by atoms with Crippen LogP contribution in [0, 0.1) is 12.8 Å². The molecule has 0 aliphatic heterocycles. The van der Waals surface area contributed by atoms with Gasteiger partial charge < -0.3 is 5.32 Å². The molecule has 0 aromatic heterocycles. The molecule has 18 heavy (non-hydrogen) atoms. The van der Waals surface area contributed by atoms with Crippen molar-refractivity contribution in [2.75, 3.05) is 5.88 Å². The van der Waals surface area contributed by atoms with Crippen molar-refractivity contribution in [3.05, 3.63) is 33.8 Å². The SMILES string of the molecule is Cc1ccc(C(=O)NC(CCCl)C(C)C)c(Br)c1. The monoisotopic (exact) mass is 331 g/mol. The highest BCUT2D eigenvalue weighted by molar-refractivity contribution is 9.10. The Labute approximate surface area is 122 Å². The van der Waals surface area contributed by atoms with Crippen molar-refractivity contribution in [2.24, 2.45) is 5.92 Å². The van der Waals surface area contributed by atoms with Gasteiger partial charge in [0.15, 0.2) is 0 Å². The largest absolute Gasteiger partial charge is 0.349 e. The first kappa shape index (κ1) is 15.5. The molecule has 1 amide bonds. The van der Waals surface area contributed by atoms with Gasteiger partial charge >= 0.3 is 0 Å². The summed E-state index contributed by atoms with van der Waals surface area (Å²) < 4.78 is 0.827. The first-order valence-corrected chi connectivity index (χ1v) is 7.41. The molecule has 0 radical (unpaired) electrons. The van der Waals surface area contributed by atoms with Crippen molar-refractivity contribution < 1.29 is 4.79 Å². The molecule has 0 aliphatic carbocycles. The minimum absolute atomic E-state index is 0.0503. The lowest BCUT2D eigenvalue weighted by Crippen LogP contribution is -2.39. The maximum atomic E-state index is 12.2. The minimum Gasteiger partial charge on any atom is -0.349 e. The van der Waals surface area contributed by atoms with Crippen molar-refractivity contribution in [2.45, 2.75) is 33.2 Å². The second-order valence-electron chi connectivity index (χ2n) is 4.78. The van der Waals surface area contributed by atoms with Gasteiger partial charge in [-0.25, -0.2) is 0 Å². The van der Waals surface area contributed by atoms with Gasteiger partial charge in [0, 0.05) is 16.4 Å². The molecule has 0 aliphatic rings. The molecule has 4 heteroatoms. The smallest absolute Gasteiger partial charge is 0.252 e. The van der Waals surface area contributed by atoms with E-state index in [1.807, 2.05) is 25.1 Å². The number of benzene rings is 1. The number of carbonyl (C=O) groups excluding carboxylic acids is 1. The van der Waals surface area contributed by atoms with E-state index in [0.29, 0.717) is 17.4 Å². The summed E-state index contributed by atoms with van der Waals surface area (Å²) in [6.07, 6.45) is 0.786. The summed E-state index contributed by atoms with van der Waals surface area (Å²) in [5.41, 5.74) is 1.79. The Hall–Kier alpha value is -0.540. The lowest BCUT2D eigenvalue weighted by atomic mass is 10.0. The van der Waals surface area contributed by atoms with Crippen molar-refractivity contribution in [3.63, 3.8) is 0 Å². The summed E-state index contributed by atoms with van der Waals surface area (Å²) in [4.78, 5) is 12.2. The van der Waals surface area contributed by atoms with Crippen LogP contribution in [0.1, 0.15) is 36.2 Å². The van der Waals surface area contributed by atoms with Gasteiger partial charge in [0.25, 0.3) is 5.91 Å². The predicted molar refractivity (Wildman–Crippen MR) is 80.3 cm³/mol. The highest BCUT2D eigenvalue weighted by Crippen LogP contribution is 2.19. The molecule has 1 N–H and O–H groups in total.